The molecule has 1 aromatic carbocycles. The first kappa shape index (κ1) is 28.1. The molecule has 0 saturated heterocycles. The van der Waals surface area contributed by atoms with Gasteiger partial charge in [-0.2, -0.15) is 0 Å². The van der Waals surface area contributed by atoms with E-state index >= 15 is 0 Å². The Morgan fingerprint density at radius 1 is 0.719 bits per heavy atom. The molecule has 0 saturated carbocycles. The Morgan fingerprint density at radius 2 is 1.19 bits per heavy atom. The molecule has 0 spiro atoms. The van der Waals surface area contributed by atoms with Crippen molar-refractivity contribution in [3.05, 3.63) is 35.4 Å². The molecule has 6 heteroatoms. The molecule has 0 radical (unpaired) electrons. The number of rotatable bonds is 19. The maximum Gasteiger partial charge on any atom is 0.267 e. The third-order valence-electron chi connectivity index (χ3n) is 5.84. The van der Waals surface area contributed by atoms with Crippen LogP contribution in [0.4, 0.5) is 0 Å². The summed E-state index contributed by atoms with van der Waals surface area (Å²) in [7, 11) is 0. The van der Waals surface area contributed by atoms with Gasteiger partial charge < -0.3 is 0 Å². The molecule has 0 aliphatic heterocycles. The lowest BCUT2D eigenvalue weighted by Crippen LogP contribution is -2.44. The Bertz CT molecular complexity index is 619. The highest BCUT2D eigenvalue weighted by molar-refractivity contribution is 5.97. The van der Waals surface area contributed by atoms with Crippen LogP contribution in [-0.4, -0.2) is 29.9 Å². The molecule has 0 fully saturated rings. The number of amides is 2. The molecule has 0 aromatic heterocycles. The van der Waals surface area contributed by atoms with Crippen LogP contribution in [0.15, 0.2) is 24.3 Å². The van der Waals surface area contributed by atoms with Crippen LogP contribution >= 0.6 is 0 Å². The van der Waals surface area contributed by atoms with Gasteiger partial charge in [-0.1, -0.05) is 90.9 Å². The Labute approximate surface area is 195 Å². The summed E-state index contributed by atoms with van der Waals surface area (Å²) in [4.78, 5) is 24.7. The van der Waals surface area contributed by atoms with E-state index in [-0.39, 0.29) is 11.8 Å². The van der Waals surface area contributed by atoms with E-state index in [9.17, 15) is 9.59 Å². The summed E-state index contributed by atoms with van der Waals surface area (Å²) in [5.74, 6) is 4.78. The Morgan fingerprint density at radius 3 is 1.72 bits per heavy atom. The van der Waals surface area contributed by atoms with Gasteiger partial charge in [-0.05, 0) is 37.1 Å². The van der Waals surface area contributed by atoms with Crippen molar-refractivity contribution in [3.8, 4) is 0 Å². The number of nitrogens with zero attached hydrogens (tertiary/aromatic N) is 1. The molecule has 1 rings (SSSR count). The highest BCUT2D eigenvalue weighted by atomic mass is 16.2. The average Bonchev–Trinajstić information content (AvgIpc) is 2.83. The van der Waals surface area contributed by atoms with E-state index in [2.05, 4.69) is 24.7 Å². The first-order valence-electron chi connectivity index (χ1n) is 12.8. The molecule has 1 aromatic rings. The summed E-state index contributed by atoms with van der Waals surface area (Å²) in [6.07, 6.45) is 17.3. The molecule has 4 N–H and O–H groups in total. The quantitative estimate of drug-likeness (QED) is 0.109. The maximum atomic E-state index is 13.1. The van der Waals surface area contributed by atoms with Crippen molar-refractivity contribution < 1.29 is 9.59 Å². The number of unbranched alkanes of at least 4 members (excludes halogenated alkanes) is 12. The second-order valence-electron chi connectivity index (χ2n) is 8.66. The van der Waals surface area contributed by atoms with Gasteiger partial charge in [-0.15, -0.1) is 0 Å². The van der Waals surface area contributed by atoms with E-state index < -0.39 is 0 Å². The van der Waals surface area contributed by atoms with Crippen molar-refractivity contribution in [2.75, 3.05) is 13.1 Å². The number of nitrogens with two attached hydrogens (primary N) is 1. The average molecular weight is 447 g/mol. The number of hydrogen-bond acceptors (Lipinski definition) is 4. The van der Waals surface area contributed by atoms with E-state index in [0.717, 1.165) is 25.8 Å². The van der Waals surface area contributed by atoms with Gasteiger partial charge in [0.05, 0.1) is 0 Å². The number of benzene rings is 1. The van der Waals surface area contributed by atoms with Gasteiger partial charge in [-0.3, -0.25) is 20.0 Å². The maximum absolute atomic E-state index is 13.1. The summed E-state index contributed by atoms with van der Waals surface area (Å²) in [5, 5.41) is 1.77. The van der Waals surface area contributed by atoms with Crippen LogP contribution in [-0.2, 0) is 0 Å². The number of nitrogen functional groups attached to an aromatic ring is 1. The number of nitrogens with one attached hydrogen (secondary N) is 2. The molecule has 0 unspecified atom stereocenters. The minimum absolute atomic E-state index is 0.0429. The van der Waals surface area contributed by atoms with Crippen LogP contribution in [0.25, 0.3) is 0 Å². The van der Waals surface area contributed by atoms with Crippen LogP contribution in [0.2, 0.25) is 0 Å². The molecule has 0 heterocycles. The highest BCUT2D eigenvalue weighted by Crippen LogP contribution is 2.11. The second-order valence-corrected chi connectivity index (χ2v) is 8.66. The minimum atomic E-state index is -0.360. The monoisotopic (exact) mass is 446 g/mol. The molecule has 6 nitrogen and oxygen atoms in total. The largest absolute Gasteiger partial charge is 0.290 e. The molecular weight excluding hydrogens is 400 g/mol. The first-order chi connectivity index (χ1) is 15.6. The van der Waals surface area contributed by atoms with Crippen LogP contribution in [0, 0.1) is 0 Å². The van der Waals surface area contributed by atoms with Crippen molar-refractivity contribution in [1.82, 2.24) is 15.9 Å². The van der Waals surface area contributed by atoms with Crippen molar-refractivity contribution in [2.45, 2.75) is 104 Å². The third kappa shape index (κ3) is 12.2. The van der Waals surface area contributed by atoms with Gasteiger partial charge in [-0.25, -0.2) is 11.3 Å². The van der Waals surface area contributed by atoms with E-state index in [4.69, 9.17) is 5.84 Å². The lowest BCUT2D eigenvalue weighted by molar-refractivity contribution is 0.0652. The van der Waals surface area contributed by atoms with Crippen molar-refractivity contribution in [1.29, 1.82) is 0 Å². The Kier molecular flexibility index (Phi) is 16.4. The summed E-state index contributed by atoms with van der Waals surface area (Å²) in [5.41, 5.74) is 6.50. The topological polar surface area (TPSA) is 87.5 Å². The summed E-state index contributed by atoms with van der Waals surface area (Å²) >= 11 is 0. The van der Waals surface area contributed by atoms with Crippen LogP contribution < -0.4 is 16.7 Å². The number of carbonyl (C=O) groups is 2. The van der Waals surface area contributed by atoms with Crippen LogP contribution in [0.1, 0.15) is 124 Å². The number of hydrogen-bond donors (Lipinski definition) is 3. The fourth-order valence-corrected chi connectivity index (χ4v) is 3.78. The zero-order chi connectivity index (χ0) is 23.4. The fraction of sp³-hybridized carbons (Fsp3) is 0.692. The Hall–Kier alpha value is -1.92. The lowest BCUT2D eigenvalue weighted by atomic mass is 10.1. The molecule has 182 valence electrons. The Balaban J connectivity index is 2.52. The van der Waals surface area contributed by atoms with Gasteiger partial charge >= 0.3 is 0 Å². The summed E-state index contributed by atoms with van der Waals surface area (Å²) in [6.45, 7) is 5.98. The molecule has 0 bridgehead atoms. The van der Waals surface area contributed by atoms with Gasteiger partial charge in [0.1, 0.15) is 0 Å². The van der Waals surface area contributed by atoms with E-state index in [1.807, 2.05) is 0 Å². The zero-order valence-corrected chi connectivity index (χ0v) is 20.5. The SMILES string of the molecule is CCCCCCCCCNN(CCCCCCCCC)C(=O)c1ccc(C(=O)NN)cc1. The molecule has 0 atom stereocenters. The first-order valence-corrected chi connectivity index (χ1v) is 12.8. The van der Waals surface area contributed by atoms with Gasteiger partial charge in [0.25, 0.3) is 11.8 Å². The second kappa shape index (κ2) is 18.6. The zero-order valence-electron chi connectivity index (χ0n) is 20.5. The predicted molar refractivity (Wildman–Crippen MR) is 133 cm³/mol. The van der Waals surface area contributed by atoms with Crippen LogP contribution in [0.3, 0.4) is 0 Å². The smallest absolute Gasteiger partial charge is 0.267 e. The van der Waals surface area contributed by atoms with Crippen molar-refractivity contribution in [2.24, 2.45) is 5.84 Å². The third-order valence-corrected chi connectivity index (χ3v) is 5.84. The highest BCUT2D eigenvalue weighted by Gasteiger charge is 2.16. The van der Waals surface area contributed by atoms with Gasteiger partial charge in [0, 0.05) is 24.2 Å². The van der Waals surface area contributed by atoms with Gasteiger partial charge in [0.15, 0.2) is 0 Å². The summed E-state index contributed by atoms with van der Waals surface area (Å²) < 4.78 is 0. The molecule has 0 aliphatic rings. The van der Waals surface area contributed by atoms with E-state index in [0.29, 0.717) is 17.7 Å². The van der Waals surface area contributed by atoms with Crippen LogP contribution in [0.5, 0.6) is 0 Å². The molecule has 0 aliphatic carbocycles. The van der Waals surface area contributed by atoms with Gasteiger partial charge in [0.2, 0.25) is 0 Å². The number of hydrazine groups is 2. The standard InChI is InChI=1S/C26H46N4O2/c1-3-5-7-9-11-13-15-21-28-30(22-16-14-12-10-8-6-4-2)26(32)24-19-17-23(18-20-24)25(31)29-27/h17-20,28H,3-16,21-22,27H2,1-2H3,(H,29,31). The lowest BCUT2D eigenvalue weighted by Gasteiger charge is -2.24. The van der Waals surface area contributed by atoms with E-state index in [1.165, 1.54) is 70.6 Å². The fourth-order valence-electron chi connectivity index (χ4n) is 3.78. The molecule has 2 amide bonds. The normalized spacial score (nSPS) is 10.8. The van der Waals surface area contributed by atoms with Crippen molar-refractivity contribution in [3.63, 3.8) is 0 Å². The minimum Gasteiger partial charge on any atom is -0.290 e. The molecule has 32 heavy (non-hydrogen) atoms. The summed E-state index contributed by atoms with van der Waals surface area (Å²) in [6, 6.07) is 6.66. The van der Waals surface area contributed by atoms with Crippen molar-refractivity contribution >= 4 is 11.8 Å². The number of carbonyl (C=O) groups excluding carboxylic acids is 2. The molecular formula is C26H46N4O2. The predicted octanol–water partition coefficient (Wildman–Crippen LogP) is 5.74. The van der Waals surface area contributed by atoms with E-state index in [1.54, 1.807) is 29.3 Å².